The Kier molecular flexibility index (Phi) is 3.37. The van der Waals surface area contributed by atoms with Gasteiger partial charge in [-0.15, -0.1) is 0 Å². The van der Waals surface area contributed by atoms with E-state index in [4.69, 9.17) is 4.74 Å². The van der Waals surface area contributed by atoms with Crippen LogP contribution in [0.25, 0.3) is 0 Å². The summed E-state index contributed by atoms with van der Waals surface area (Å²) < 4.78 is 5.40. The molecule has 2 heterocycles. The highest BCUT2D eigenvalue weighted by Crippen LogP contribution is 2.33. The largest absolute Gasteiger partial charge is 0.492 e. The van der Waals surface area contributed by atoms with Gasteiger partial charge < -0.3 is 10.1 Å². The number of ketones is 1. The molecule has 102 valence electrons. The average Bonchev–Trinajstić information content (AvgIpc) is 2.91. The summed E-state index contributed by atoms with van der Waals surface area (Å²) in [4.78, 5) is 16.7. The van der Waals surface area contributed by atoms with Crippen molar-refractivity contribution in [3.05, 3.63) is 53.9 Å². The molecule has 1 aromatic carbocycles. The maximum absolute atomic E-state index is 12.6. The molecule has 1 aliphatic heterocycles. The van der Waals surface area contributed by atoms with Crippen molar-refractivity contribution in [3.8, 4) is 5.75 Å². The standard InChI is InChI=1S/C16H16N2O2/c1-2-20-12-7-11(8-17-9-12)16(19)14-10-18-15-6-4-3-5-13(14)15/h3-9,14,18H,2,10H2,1H3. The smallest absolute Gasteiger partial charge is 0.173 e. The lowest BCUT2D eigenvalue weighted by Crippen LogP contribution is -2.15. The molecule has 0 spiro atoms. The molecule has 0 fully saturated rings. The highest BCUT2D eigenvalue weighted by atomic mass is 16.5. The number of pyridine rings is 1. The van der Waals surface area contributed by atoms with Crippen LogP contribution in [0.2, 0.25) is 0 Å². The summed E-state index contributed by atoms with van der Waals surface area (Å²) >= 11 is 0. The number of para-hydroxylation sites is 1. The second-order valence-electron chi connectivity index (χ2n) is 4.73. The number of rotatable bonds is 4. The Balaban J connectivity index is 1.89. The van der Waals surface area contributed by atoms with Crippen molar-refractivity contribution in [2.75, 3.05) is 18.5 Å². The first kappa shape index (κ1) is 12.7. The van der Waals surface area contributed by atoms with Crippen LogP contribution in [0.3, 0.4) is 0 Å². The lowest BCUT2D eigenvalue weighted by Gasteiger charge is -2.10. The van der Waals surface area contributed by atoms with Crippen LogP contribution < -0.4 is 10.1 Å². The number of benzene rings is 1. The molecule has 1 aliphatic rings. The van der Waals surface area contributed by atoms with Crippen molar-refractivity contribution in [1.29, 1.82) is 0 Å². The number of hydrogen-bond acceptors (Lipinski definition) is 4. The van der Waals surface area contributed by atoms with E-state index < -0.39 is 0 Å². The van der Waals surface area contributed by atoms with Crippen molar-refractivity contribution in [3.63, 3.8) is 0 Å². The summed E-state index contributed by atoms with van der Waals surface area (Å²) in [5, 5.41) is 3.27. The van der Waals surface area contributed by atoms with E-state index in [9.17, 15) is 4.79 Å². The summed E-state index contributed by atoms with van der Waals surface area (Å²) in [6.45, 7) is 3.11. The van der Waals surface area contributed by atoms with Gasteiger partial charge in [-0.3, -0.25) is 9.78 Å². The number of hydrogen-bond donors (Lipinski definition) is 1. The molecule has 4 heteroatoms. The van der Waals surface area contributed by atoms with Gasteiger partial charge in [-0.1, -0.05) is 18.2 Å². The summed E-state index contributed by atoms with van der Waals surface area (Å²) in [6.07, 6.45) is 3.23. The zero-order valence-electron chi connectivity index (χ0n) is 11.3. The van der Waals surface area contributed by atoms with Crippen LogP contribution in [-0.4, -0.2) is 23.9 Å². The van der Waals surface area contributed by atoms with Gasteiger partial charge in [0, 0.05) is 24.0 Å². The number of aromatic nitrogens is 1. The number of carbonyl (C=O) groups is 1. The molecule has 0 bridgehead atoms. The van der Waals surface area contributed by atoms with Crippen molar-refractivity contribution in [2.45, 2.75) is 12.8 Å². The molecule has 1 aromatic heterocycles. The van der Waals surface area contributed by atoms with E-state index in [0.29, 0.717) is 24.5 Å². The van der Waals surface area contributed by atoms with Crippen LogP contribution in [0.4, 0.5) is 5.69 Å². The predicted molar refractivity (Wildman–Crippen MR) is 77.4 cm³/mol. The predicted octanol–water partition coefficient (Wildman–Crippen LogP) is 2.87. The fourth-order valence-electron chi connectivity index (χ4n) is 2.52. The van der Waals surface area contributed by atoms with E-state index in [0.717, 1.165) is 11.3 Å². The Labute approximate surface area is 117 Å². The van der Waals surface area contributed by atoms with Gasteiger partial charge in [0.15, 0.2) is 5.78 Å². The molecule has 0 aliphatic carbocycles. The van der Waals surface area contributed by atoms with Gasteiger partial charge in [0.2, 0.25) is 0 Å². The highest BCUT2D eigenvalue weighted by molar-refractivity contribution is 6.03. The van der Waals surface area contributed by atoms with E-state index in [2.05, 4.69) is 10.3 Å². The molecule has 1 unspecified atom stereocenters. The Morgan fingerprint density at radius 2 is 2.25 bits per heavy atom. The molecular weight excluding hydrogens is 252 g/mol. The molecule has 0 radical (unpaired) electrons. The maximum Gasteiger partial charge on any atom is 0.173 e. The van der Waals surface area contributed by atoms with Gasteiger partial charge in [0.1, 0.15) is 5.75 Å². The minimum Gasteiger partial charge on any atom is -0.492 e. The number of anilines is 1. The van der Waals surface area contributed by atoms with Crippen LogP contribution in [0, 0.1) is 0 Å². The van der Waals surface area contributed by atoms with E-state index in [1.54, 1.807) is 18.5 Å². The van der Waals surface area contributed by atoms with Crippen LogP contribution in [0.1, 0.15) is 28.8 Å². The number of nitrogens with zero attached hydrogens (tertiary/aromatic N) is 1. The zero-order valence-corrected chi connectivity index (χ0v) is 11.3. The van der Waals surface area contributed by atoms with Crippen molar-refractivity contribution >= 4 is 11.5 Å². The van der Waals surface area contributed by atoms with Gasteiger partial charge in [0.05, 0.1) is 18.7 Å². The minimum absolute atomic E-state index is 0.0801. The Morgan fingerprint density at radius 1 is 1.40 bits per heavy atom. The van der Waals surface area contributed by atoms with Gasteiger partial charge in [-0.2, -0.15) is 0 Å². The molecule has 0 saturated heterocycles. The third kappa shape index (κ3) is 2.25. The van der Waals surface area contributed by atoms with Crippen molar-refractivity contribution in [2.24, 2.45) is 0 Å². The van der Waals surface area contributed by atoms with Gasteiger partial charge in [-0.05, 0) is 24.6 Å². The SMILES string of the molecule is CCOc1cncc(C(=O)C2CNc3ccccc32)c1. The molecule has 2 aromatic rings. The lowest BCUT2D eigenvalue weighted by atomic mass is 9.93. The molecule has 1 atom stereocenters. The first-order valence-corrected chi connectivity index (χ1v) is 6.74. The quantitative estimate of drug-likeness (QED) is 0.866. The second-order valence-corrected chi connectivity index (χ2v) is 4.73. The van der Waals surface area contributed by atoms with E-state index in [1.807, 2.05) is 31.2 Å². The van der Waals surface area contributed by atoms with Gasteiger partial charge >= 0.3 is 0 Å². The van der Waals surface area contributed by atoms with E-state index >= 15 is 0 Å². The topological polar surface area (TPSA) is 51.2 Å². The van der Waals surface area contributed by atoms with Gasteiger partial charge in [-0.25, -0.2) is 0 Å². The number of fused-ring (bicyclic) bond motifs is 1. The first-order valence-electron chi connectivity index (χ1n) is 6.74. The first-order chi connectivity index (χ1) is 9.79. The van der Waals surface area contributed by atoms with E-state index in [1.165, 1.54) is 0 Å². The van der Waals surface area contributed by atoms with Gasteiger partial charge in [0.25, 0.3) is 0 Å². The number of carbonyl (C=O) groups excluding carboxylic acids is 1. The van der Waals surface area contributed by atoms with Crippen LogP contribution >= 0.6 is 0 Å². The number of nitrogens with one attached hydrogen (secondary N) is 1. The zero-order chi connectivity index (χ0) is 13.9. The minimum atomic E-state index is -0.148. The lowest BCUT2D eigenvalue weighted by molar-refractivity contribution is 0.0965. The molecular formula is C16H16N2O2. The maximum atomic E-state index is 12.6. The third-order valence-corrected chi connectivity index (χ3v) is 3.46. The summed E-state index contributed by atoms with van der Waals surface area (Å²) in [5.41, 5.74) is 2.69. The summed E-state index contributed by atoms with van der Waals surface area (Å²) in [7, 11) is 0. The molecule has 0 amide bonds. The fourth-order valence-corrected chi connectivity index (χ4v) is 2.52. The number of ether oxygens (including phenoxy) is 1. The van der Waals surface area contributed by atoms with Crippen LogP contribution in [0.5, 0.6) is 5.75 Å². The molecule has 3 rings (SSSR count). The normalized spacial score (nSPS) is 16.4. The van der Waals surface area contributed by atoms with Crippen LogP contribution in [0.15, 0.2) is 42.7 Å². The van der Waals surface area contributed by atoms with Crippen LogP contribution in [-0.2, 0) is 0 Å². The van der Waals surface area contributed by atoms with E-state index in [-0.39, 0.29) is 11.7 Å². The number of Topliss-reactive ketones (excluding diaryl/α,β-unsaturated/α-hetero) is 1. The Morgan fingerprint density at radius 3 is 3.10 bits per heavy atom. The molecule has 0 saturated carbocycles. The summed E-state index contributed by atoms with van der Waals surface area (Å²) in [6, 6.07) is 9.69. The monoisotopic (exact) mass is 268 g/mol. The Bertz CT molecular complexity index is 640. The Hall–Kier alpha value is -2.36. The molecule has 4 nitrogen and oxygen atoms in total. The summed E-state index contributed by atoms with van der Waals surface area (Å²) in [5.74, 6) is 0.568. The second kappa shape index (κ2) is 5.33. The molecule has 20 heavy (non-hydrogen) atoms. The average molecular weight is 268 g/mol. The van der Waals surface area contributed by atoms with Crippen molar-refractivity contribution < 1.29 is 9.53 Å². The third-order valence-electron chi connectivity index (χ3n) is 3.46. The van der Waals surface area contributed by atoms with Crippen molar-refractivity contribution in [1.82, 2.24) is 4.98 Å². The molecule has 1 N–H and O–H groups in total. The highest BCUT2D eigenvalue weighted by Gasteiger charge is 2.29. The fraction of sp³-hybridized carbons (Fsp3) is 0.250.